The highest BCUT2D eigenvalue weighted by Gasteiger charge is 2.20. The Morgan fingerprint density at radius 2 is 2.24 bits per heavy atom. The van der Waals surface area contributed by atoms with Gasteiger partial charge in [-0.05, 0) is 37.1 Å². The van der Waals surface area contributed by atoms with E-state index < -0.39 is 0 Å². The van der Waals surface area contributed by atoms with Crippen molar-refractivity contribution in [2.75, 3.05) is 13.7 Å². The van der Waals surface area contributed by atoms with Crippen molar-refractivity contribution >= 4 is 11.6 Å². The van der Waals surface area contributed by atoms with Gasteiger partial charge in [0.1, 0.15) is 0 Å². The Kier molecular flexibility index (Phi) is 5.65. The summed E-state index contributed by atoms with van der Waals surface area (Å²) in [5, 5.41) is 8.64. The molecule has 0 amide bonds. The second-order valence-electron chi connectivity index (χ2n) is 5.06. The Morgan fingerprint density at radius 3 is 2.90 bits per heavy atom. The molecular weight excluding hydrogens is 286 g/mol. The van der Waals surface area contributed by atoms with E-state index in [4.69, 9.17) is 16.3 Å². The molecule has 0 saturated heterocycles. The predicted molar refractivity (Wildman–Crippen MR) is 86.0 cm³/mol. The largest absolute Gasteiger partial charge is 0.493 e. The van der Waals surface area contributed by atoms with Crippen LogP contribution in [0.15, 0.2) is 30.5 Å². The summed E-state index contributed by atoms with van der Waals surface area (Å²) in [6.45, 7) is 3.10. The fourth-order valence-corrected chi connectivity index (χ4v) is 2.68. The third-order valence-corrected chi connectivity index (χ3v) is 3.70. The quantitative estimate of drug-likeness (QED) is 0.852. The van der Waals surface area contributed by atoms with Crippen molar-refractivity contribution in [1.82, 2.24) is 15.1 Å². The average Bonchev–Trinajstić information content (AvgIpc) is 2.84. The Morgan fingerprint density at radius 1 is 1.43 bits per heavy atom. The van der Waals surface area contributed by atoms with Crippen LogP contribution in [0.5, 0.6) is 5.75 Å². The maximum atomic E-state index is 6.08. The van der Waals surface area contributed by atoms with Crippen LogP contribution in [0.2, 0.25) is 5.02 Å². The highest BCUT2D eigenvalue weighted by atomic mass is 35.5. The standard InChI is InChI=1S/C16H22ClN3O/c1-4-8-18-14(10-12-6-5-7-13(17)9-12)16-15(21-3)11-19-20(16)2/h5-7,9,11,14,18H,4,8,10H2,1-3H3. The van der Waals surface area contributed by atoms with Crippen LogP contribution in [0.25, 0.3) is 0 Å². The molecule has 1 aromatic heterocycles. The van der Waals surface area contributed by atoms with Crippen molar-refractivity contribution in [2.45, 2.75) is 25.8 Å². The van der Waals surface area contributed by atoms with Gasteiger partial charge >= 0.3 is 0 Å². The number of rotatable bonds is 7. The summed E-state index contributed by atoms with van der Waals surface area (Å²) >= 11 is 6.08. The second-order valence-corrected chi connectivity index (χ2v) is 5.50. The number of ether oxygens (including phenoxy) is 1. The third-order valence-electron chi connectivity index (χ3n) is 3.47. The van der Waals surface area contributed by atoms with Crippen LogP contribution in [-0.4, -0.2) is 23.4 Å². The highest BCUT2D eigenvalue weighted by molar-refractivity contribution is 6.30. The van der Waals surface area contributed by atoms with Crippen molar-refractivity contribution in [3.63, 3.8) is 0 Å². The van der Waals surface area contributed by atoms with Gasteiger partial charge in [0.15, 0.2) is 5.75 Å². The van der Waals surface area contributed by atoms with Crippen molar-refractivity contribution < 1.29 is 4.74 Å². The minimum Gasteiger partial charge on any atom is -0.493 e. The number of hydrogen-bond acceptors (Lipinski definition) is 3. The first kappa shape index (κ1) is 15.9. The molecule has 4 nitrogen and oxygen atoms in total. The first-order chi connectivity index (χ1) is 10.2. The lowest BCUT2D eigenvalue weighted by atomic mass is 10.0. The first-order valence-corrected chi connectivity index (χ1v) is 7.57. The molecule has 5 heteroatoms. The Labute approximate surface area is 131 Å². The molecule has 1 N–H and O–H groups in total. The fraction of sp³-hybridized carbons (Fsp3) is 0.438. The minimum atomic E-state index is 0.144. The molecule has 1 aromatic carbocycles. The van der Waals surface area contributed by atoms with Crippen molar-refractivity contribution in [3.05, 3.63) is 46.7 Å². The zero-order chi connectivity index (χ0) is 15.2. The molecule has 0 fully saturated rings. The van der Waals surface area contributed by atoms with E-state index in [1.165, 1.54) is 5.56 Å². The molecule has 1 heterocycles. The van der Waals surface area contributed by atoms with Gasteiger partial charge in [-0.3, -0.25) is 4.68 Å². The molecular formula is C16H22ClN3O. The van der Waals surface area contributed by atoms with Gasteiger partial charge in [0, 0.05) is 12.1 Å². The Bertz CT molecular complexity index is 583. The molecule has 2 aromatic rings. The molecule has 0 aliphatic carbocycles. The topological polar surface area (TPSA) is 39.1 Å². The normalized spacial score (nSPS) is 12.4. The van der Waals surface area contributed by atoms with E-state index in [9.17, 15) is 0 Å². The summed E-state index contributed by atoms with van der Waals surface area (Å²) in [6.07, 6.45) is 3.68. The van der Waals surface area contributed by atoms with Gasteiger partial charge in [0.25, 0.3) is 0 Å². The van der Waals surface area contributed by atoms with Crippen LogP contribution >= 0.6 is 11.6 Å². The molecule has 0 aliphatic heterocycles. The summed E-state index contributed by atoms with van der Waals surface area (Å²) in [4.78, 5) is 0. The zero-order valence-corrected chi connectivity index (χ0v) is 13.5. The molecule has 114 valence electrons. The fourth-order valence-electron chi connectivity index (χ4n) is 2.47. The number of methoxy groups -OCH3 is 1. The van der Waals surface area contributed by atoms with Crippen molar-refractivity contribution in [1.29, 1.82) is 0 Å². The Balaban J connectivity index is 2.27. The molecule has 21 heavy (non-hydrogen) atoms. The molecule has 0 spiro atoms. The van der Waals surface area contributed by atoms with Crippen molar-refractivity contribution in [2.24, 2.45) is 7.05 Å². The molecule has 0 saturated carbocycles. The predicted octanol–water partition coefficient (Wildman–Crippen LogP) is 3.37. The molecule has 0 aliphatic rings. The highest BCUT2D eigenvalue weighted by Crippen LogP contribution is 2.27. The summed E-state index contributed by atoms with van der Waals surface area (Å²) in [7, 11) is 3.62. The van der Waals surface area contributed by atoms with E-state index in [1.54, 1.807) is 13.3 Å². The van der Waals surface area contributed by atoms with E-state index in [-0.39, 0.29) is 6.04 Å². The van der Waals surface area contributed by atoms with Gasteiger partial charge in [-0.1, -0.05) is 30.7 Å². The number of nitrogens with one attached hydrogen (secondary N) is 1. The van der Waals surface area contributed by atoms with Crippen LogP contribution in [-0.2, 0) is 13.5 Å². The van der Waals surface area contributed by atoms with Gasteiger partial charge in [0.05, 0.1) is 25.0 Å². The number of benzene rings is 1. The van der Waals surface area contributed by atoms with Crippen LogP contribution < -0.4 is 10.1 Å². The van der Waals surface area contributed by atoms with Crippen molar-refractivity contribution in [3.8, 4) is 5.75 Å². The van der Waals surface area contributed by atoms with E-state index >= 15 is 0 Å². The summed E-state index contributed by atoms with van der Waals surface area (Å²) in [5.41, 5.74) is 2.25. The summed E-state index contributed by atoms with van der Waals surface area (Å²) < 4.78 is 7.31. The molecule has 2 rings (SSSR count). The number of nitrogens with zero attached hydrogens (tertiary/aromatic N) is 2. The van der Waals surface area contributed by atoms with Gasteiger partial charge in [-0.15, -0.1) is 0 Å². The number of halogens is 1. The molecule has 0 bridgehead atoms. The summed E-state index contributed by atoms with van der Waals surface area (Å²) in [6, 6.07) is 8.12. The lowest BCUT2D eigenvalue weighted by Gasteiger charge is -2.20. The average molecular weight is 308 g/mol. The van der Waals surface area contributed by atoms with E-state index in [2.05, 4.69) is 23.4 Å². The minimum absolute atomic E-state index is 0.144. The van der Waals surface area contributed by atoms with Gasteiger partial charge in [-0.2, -0.15) is 5.10 Å². The number of aryl methyl sites for hydroxylation is 1. The van der Waals surface area contributed by atoms with Crippen LogP contribution in [0.1, 0.15) is 30.6 Å². The summed E-state index contributed by atoms with van der Waals surface area (Å²) in [5.74, 6) is 0.813. The number of hydrogen-bond donors (Lipinski definition) is 1. The maximum absolute atomic E-state index is 6.08. The van der Waals surface area contributed by atoms with Gasteiger partial charge < -0.3 is 10.1 Å². The lowest BCUT2D eigenvalue weighted by molar-refractivity contribution is 0.392. The zero-order valence-electron chi connectivity index (χ0n) is 12.8. The monoisotopic (exact) mass is 307 g/mol. The van der Waals surface area contributed by atoms with Crippen LogP contribution in [0, 0.1) is 0 Å². The van der Waals surface area contributed by atoms with Crippen LogP contribution in [0.4, 0.5) is 0 Å². The van der Waals surface area contributed by atoms with Gasteiger partial charge in [0.2, 0.25) is 0 Å². The van der Waals surface area contributed by atoms with Gasteiger partial charge in [-0.25, -0.2) is 0 Å². The maximum Gasteiger partial charge on any atom is 0.161 e. The Hall–Kier alpha value is -1.52. The smallest absolute Gasteiger partial charge is 0.161 e. The van der Waals surface area contributed by atoms with E-state index in [1.807, 2.05) is 29.9 Å². The lowest BCUT2D eigenvalue weighted by Crippen LogP contribution is -2.26. The molecule has 1 atom stereocenters. The van der Waals surface area contributed by atoms with E-state index in [0.717, 1.165) is 35.9 Å². The molecule has 0 radical (unpaired) electrons. The number of aromatic nitrogens is 2. The second kappa shape index (κ2) is 7.48. The van der Waals surface area contributed by atoms with Crippen LogP contribution in [0.3, 0.4) is 0 Å². The first-order valence-electron chi connectivity index (χ1n) is 7.19. The molecule has 1 unspecified atom stereocenters. The third kappa shape index (κ3) is 3.99. The van der Waals surface area contributed by atoms with E-state index in [0.29, 0.717) is 0 Å². The SMILES string of the molecule is CCCNC(Cc1cccc(Cl)c1)c1c(OC)cnn1C.